The van der Waals surface area contributed by atoms with Gasteiger partial charge in [0.15, 0.2) is 0 Å². The second-order valence-corrected chi connectivity index (χ2v) is 7.17. The number of thioether (sulfide) groups is 1. The van der Waals surface area contributed by atoms with E-state index >= 15 is 0 Å². The molecule has 2 rings (SSSR count). The van der Waals surface area contributed by atoms with Crippen molar-refractivity contribution in [2.45, 2.75) is 50.3 Å². The van der Waals surface area contributed by atoms with Crippen molar-refractivity contribution in [1.82, 2.24) is 9.97 Å². The first-order valence-corrected chi connectivity index (χ1v) is 9.21. The maximum Gasteiger partial charge on any atom is 0.238 e. The Balaban J connectivity index is 2.09. The quantitative estimate of drug-likeness (QED) is 0.757. The van der Waals surface area contributed by atoms with E-state index in [9.17, 15) is 10.1 Å². The lowest BCUT2D eigenvalue weighted by atomic mass is 10.2. The number of hydrogen-bond donors (Lipinski definition) is 1. The predicted octanol–water partition coefficient (Wildman–Crippen LogP) is 4.12. The molecule has 1 N–H and O–H groups in total. The highest BCUT2D eigenvalue weighted by Crippen LogP contribution is 2.26. The highest BCUT2D eigenvalue weighted by molar-refractivity contribution is 8.00. The van der Waals surface area contributed by atoms with Crippen molar-refractivity contribution in [2.75, 3.05) is 5.32 Å². The minimum atomic E-state index is -0.386. The molecule has 130 valence electrons. The largest absolute Gasteiger partial charge is 0.310 e. The van der Waals surface area contributed by atoms with E-state index in [-0.39, 0.29) is 11.2 Å². The lowest BCUT2D eigenvalue weighted by Gasteiger charge is -2.13. The van der Waals surface area contributed by atoms with Gasteiger partial charge in [-0.1, -0.05) is 25.1 Å². The van der Waals surface area contributed by atoms with E-state index in [4.69, 9.17) is 0 Å². The van der Waals surface area contributed by atoms with E-state index in [0.717, 1.165) is 30.5 Å². The maximum absolute atomic E-state index is 12.4. The minimum absolute atomic E-state index is 0.159. The topological polar surface area (TPSA) is 78.7 Å². The van der Waals surface area contributed by atoms with Crippen LogP contribution in [0.15, 0.2) is 35.5 Å². The minimum Gasteiger partial charge on any atom is -0.310 e. The van der Waals surface area contributed by atoms with Crippen molar-refractivity contribution in [2.24, 2.45) is 0 Å². The number of hydrogen-bond acceptors (Lipinski definition) is 5. The van der Waals surface area contributed by atoms with Crippen LogP contribution in [-0.4, -0.2) is 21.1 Å². The molecule has 0 aromatic carbocycles. The lowest BCUT2D eigenvalue weighted by Crippen LogP contribution is -2.23. The van der Waals surface area contributed by atoms with E-state index in [0.29, 0.717) is 16.4 Å². The van der Waals surface area contributed by atoms with Crippen molar-refractivity contribution < 1.29 is 4.79 Å². The number of amides is 1. The van der Waals surface area contributed by atoms with Gasteiger partial charge in [-0.25, -0.2) is 9.97 Å². The van der Waals surface area contributed by atoms with E-state index in [2.05, 4.69) is 28.3 Å². The van der Waals surface area contributed by atoms with E-state index in [1.54, 1.807) is 19.2 Å². The predicted molar refractivity (Wildman–Crippen MR) is 100 cm³/mol. The third kappa shape index (κ3) is 5.57. The smallest absolute Gasteiger partial charge is 0.238 e. The molecular weight excluding hydrogens is 332 g/mol. The van der Waals surface area contributed by atoms with Crippen LogP contribution in [0.1, 0.15) is 43.5 Å². The molecule has 0 bridgehead atoms. The Bertz CT molecular complexity index is 785. The van der Waals surface area contributed by atoms with Gasteiger partial charge < -0.3 is 5.32 Å². The van der Waals surface area contributed by atoms with Crippen LogP contribution in [0.5, 0.6) is 0 Å². The molecule has 1 atom stereocenters. The number of unbranched alkanes of at least 4 members (excludes halogenated alkanes) is 1. The number of carbonyl (C=O) groups is 1. The number of nitrogens with zero attached hydrogens (tertiary/aromatic N) is 3. The van der Waals surface area contributed by atoms with E-state index in [1.807, 2.05) is 25.1 Å². The van der Waals surface area contributed by atoms with Crippen molar-refractivity contribution in [3.05, 3.63) is 47.3 Å². The number of anilines is 1. The van der Waals surface area contributed by atoms with Gasteiger partial charge in [0.05, 0.1) is 10.8 Å². The molecule has 0 saturated carbocycles. The Morgan fingerprint density at radius 2 is 2.20 bits per heavy atom. The van der Waals surface area contributed by atoms with E-state index in [1.165, 1.54) is 11.8 Å². The fraction of sp³-hybridized carbons (Fsp3) is 0.368. The summed E-state index contributed by atoms with van der Waals surface area (Å²) >= 11 is 1.30. The average Bonchev–Trinajstić information content (AvgIpc) is 2.60. The van der Waals surface area contributed by atoms with E-state index < -0.39 is 0 Å². The Morgan fingerprint density at radius 3 is 2.88 bits per heavy atom. The van der Waals surface area contributed by atoms with Gasteiger partial charge in [0.25, 0.3) is 0 Å². The standard InChI is InChI=1S/C19H22N4OS/c1-4-5-6-16-8-7-15(12-20)19(22-16)25-14(3)18(24)23-17-11-13(2)9-10-21-17/h7-11,14H,4-6H2,1-3H3,(H,21,23,24). The number of nitriles is 1. The highest BCUT2D eigenvalue weighted by Gasteiger charge is 2.18. The molecule has 0 fully saturated rings. The van der Waals surface area contributed by atoms with Gasteiger partial charge in [-0.3, -0.25) is 4.79 Å². The first-order valence-electron chi connectivity index (χ1n) is 8.33. The molecule has 2 heterocycles. The molecule has 6 heteroatoms. The van der Waals surface area contributed by atoms with Gasteiger partial charge in [0, 0.05) is 11.9 Å². The van der Waals surface area contributed by atoms with Crippen LogP contribution in [-0.2, 0) is 11.2 Å². The monoisotopic (exact) mass is 354 g/mol. The highest BCUT2D eigenvalue weighted by atomic mass is 32.2. The fourth-order valence-electron chi connectivity index (χ4n) is 2.20. The zero-order valence-corrected chi connectivity index (χ0v) is 15.6. The third-order valence-electron chi connectivity index (χ3n) is 3.65. The molecule has 1 amide bonds. The molecule has 25 heavy (non-hydrogen) atoms. The number of aromatic nitrogens is 2. The maximum atomic E-state index is 12.4. The van der Waals surface area contributed by atoms with Gasteiger partial charge in [-0.15, -0.1) is 0 Å². The normalized spacial score (nSPS) is 11.6. The van der Waals surface area contributed by atoms with Crippen molar-refractivity contribution in [3.63, 3.8) is 0 Å². The number of aryl methyl sites for hydroxylation is 2. The van der Waals surface area contributed by atoms with Gasteiger partial charge in [-0.05, 0) is 56.5 Å². The second-order valence-electron chi connectivity index (χ2n) is 5.84. The van der Waals surface area contributed by atoms with Crippen molar-refractivity contribution >= 4 is 23.5 Å². The summed E-state index contributed by atoms with van der Waals surface area (Å²) in [6, 6.07) is 9.52. The summed E-state index contributed by atoms with van der Waals surface area (Å²) in [5.74, 6) is 0.371. The SMILES string of the molecule is CCCCc1ccc(C#N)c(SC(C)C(=O)Nc2cc(C)ccn2)n1. The molecule has 0 aliphatic rings. The van der Waals surface area contributed by atoms with Gasteiger partial charge in [0.1, 0.15) is 16.9 Å². The van der Waals surface area contributed by atoms with Crippen LogP contribution in [0.4, 0.5) is 5.82 Å². The summed E-state index contributed by atoms with van der Waals surface area (Å²) < 4.78 is 0. The lowest BCUT2D eigenvalue weighted by molar-refractivity contribution is -0.115. The van der Waals surface area contributed by atoms with Crippen LogP contribution < -0.4 is 5.32 Å². The fourth-order valence-corrected chi connectivity index (χ4v) is 3.12. The zero-order chi connectivity index (χ0) is 18.2. The Hall–Kier alpha value is -2.39. The van der Waals surface area contributed by atoms with Crippen molar-refractivity contribution in [1.29, 1.82) is 5.26 Å². The van der Waals surface area contributed by atoms with Crippen molar-refractivity contribution in [3.8, 4) is 6.07 Å². The molecule has 1 unspecified atom stereocenters. The number of nitrogens with one attached hydrogen (secondary N) is 1. The summed E-state index contributed by atoms with van der Waals surface area (Å²) in [5, 5.41) is 12.3. The Labute approximate surface area is 152 Å². The van der Waals surface area contributed by atoms with Crippen LogP contribution in [0.2, 0.25) is 0 Å². The summed E-state index contributed by atoms with van der Waals surface area (Å²) in [6.07, 6.45) is 4.68. The first-order chi connectivity index (χ1) is 12.0. The molecular formula is C19H22N4OS. The summed E-state index contributed by atoms with van der Waals surface area (Å²) in [5.41, 5.74) is 2.48. The molecule has 0 aliphatic carbocycles. The van der Waals surface area contributed by atoms with Gasteiger partial charge in [-0.2, -0.15) is 5.26 Å². The summed E-state index contributed by atoms with van der Waals surface area (Å²) in [4.78, 5) is 21.1. The number of pyridine rings is 2. The second kappa shape index (κ2) is 9.19. The van der Waals surface area contributed by atoms with Crippen LogP contribution in [0.3, 0.4) is 0 Å². The summed E-state index contributed by atoms with van der Waals surface area (Å²) in [7, 11) is 0. The summed E-state index contributed by atoms with van der Waals surface area (Å²) in [6.45, 7) is 5.88. The van der Waals surface area contributed by atoms with Crippen LogP contribution in [0, 0.1) is 18.3 Å². The molecule has 2 aromatic rings. The Kier molecular flexibility index (Phi) is 6.96. The molecule has 0 spiro atoms. The van der Waals surface area contributed by atoms with Gasteiger partial charge >= 0.3 is 0 Å². The number of carbonyl (C=O) groups excluding carboxylic acids is 1. The molecule has 5 nitrogen and oxygen atoms in total. The Morgan fingerprint density at radius 1 is 1.40 bits per heavy atom. The first kappa shape index (κ1) is 18.9. The zero-order valence-electron chi connectivity index (χ0n) is 14.7. The number of rotatable bonds is 7. The van der Waals surface area contributed by atoms with Gasteiger partial charge in [0.2, 0.25) is 5.91 Å². The van der Waals surface area contributed by atoms with Crippen LogP contribution >= 0.6 is 11.8 Å². The molecule has 0 saturated heterocycles. The third-order valence-corrected chi connectivity index (χ3v) is 4.75. The molecule has 2 aromatic heterocycles. The average molecular weight is 354 g/mol. The molecule has 0 radical (unpaired) electrons. The molecule has 0 aliphatic heterocycles. The van der Waals surface area contributed by atoms with Crippen LogP contribution in [0.25, 0.3) is 0 Å².